The molecule has 2 aromatic rings. The molecular weight excluding hydrogens is 378 g/mol. The maximum Gasteiger partial charge on any atom is 0.262 e. The van der Waals surface area contributed by atoms with Crippen LogP contribution in [-0.2, 0) is 11.3 Å². The van der Waals surface area contributed by atoms with E-state index in [4.69, 9.17) is 26.4 Å². The third-order valence-corrected chi connectivity index (χ3v) is 4.01. The van der Waals surface area contributed by atoms with Gasteiger partial charge in [-0.05, 0) is 48.1 Å². The summed E-state index contributed by atoms with van der Waals surface area (Å²) in [4.78, 5) is 12.0. The Balaban J connectivity index is 1.79. The molecule has 0 aliphatic rings. The van der Waals surface area contributed by atoms with Gasteiger partial charge in [0.1, 0.15) is 17.2 Å². The molecule has 1 amide bonds. The van der Waals surface area contributed by atoms with Gasteiger partial charge in [-0.25, -0.2) is 0 Å². The molecule has 8 heteroatoms. The number of carbonyl (C=O) groups is 1. The number of nitrogens with one attached hydrogen (secondary N) is 3. The molecular formula is C20H23N3O4S. The lowest BCUT2D eigenvalue weighted by molar-refractivity contribution is -0.116. The van der Waals surface area contributed by atoms with Crippen molar-refractivity contribution in [2.24, 2.45) is 0 Å². The van der Waals surface area contributed by atoms with Gasteiger partial charge in [0.25, 0.3) is 5.91 Å². The van der Waals surface area contributed by atoms with E-state index in [1.807, 2.05) is 24.3 Å². The second kappa shape index (κ2) is 10.8. The van der Waals surface area contributed by atoms with Gasteiger partial charge in [-0.2, -0.15) is 0 Å². The van der Waals surface area contributed by atoms with Crippen molar-refractivity contribution in [1.82, 2.24) is 16.2 Å². The number of amides is 1. The molecule has 0 aliphatic carbocycles. The van der Waals surface area contributed by atoms with Gasteiger partial charge < -0.3 is 19.5 Å². The highest BCUT2D eigenvalue weighted by Crippen LogP contribution is 2.25. The molecule has 0 heterocycles. The molecule has 0 aliphatic heterocycles. The van der Waals surface area contributed by atoms with Crippen LogP contribution in [0.5, 0.6) is 17.2 Å². The predicted molar refractivity (Wildman–Crippen MR) is 112 cm³/mol. The van der Waals surface area contributed by atoms with Crippen molar-refractivity contribution < 1.29 is 19.0 Å². The molecule has 148 valence electrons. The lowest BCUT2D eigenvalue weighted by atomic mass is 10.1. The minimum Gasteiger partial charge on any atom is -0.497 e. The predicted octanol–water partition coefficient (Wildman–Crippen LogP) is 2.42. The molecule has 3 N–H and O–H groups in total. The zero-order valence-corrected chi connectivity index (χ0v) is 16.8. The van der Waals surface area contributed by atoms with Crippen LogP contribution in [0.15, 0.2) is 48.5 Å². The van der Waals surface area contributed by atoms with Crippen LogP contribution < -0.4 is 30.4 Å². The molecule has 0 fully saturated rings. The largest absolute Gasteiger partial charge is 0.497 e. The number of rotatable bonds is 7. The van der Waals surface area contributed by atoms with Crippen molar-refractivity contribution in [3.63, 3.8) is 0 Å². The van der Waals surface area contributed by atoms with E-state index in [2.05, 4.69) is 16.2 Å². The molecule has 0 radical (unpaired) electrons. The van der Waals surface area contributed by atoms with Crippen molar-refractivity contribution in [3.05, 3.63) is 59.7 Å². The molecule has 0 saturated heterocycles. The lowest BCUT2D eigenvalue weighted by Crippen LogP contribution is -2.45. The summed E-state index contributed by atoms with van der Waals surface area (Å²) in [6.45, 7) is 0.518. The highest BCUT2D eigenvalue weighted by atomic mass is 32.1. The Labute approximate surface area is 169 Å². The fraction of sp³-hybridized carbons (Fsp3) is 0.200. The maximum atomic E-state index is 12.0. The Hall–Kier alpha value is -3.26. The Morgan fingerprint density at radius 2 is 1.64 bits per heavy atom. The zero-order valence-electron chi connectivity index (χ0n) is 15.9. The number of hydrogen-bond acceptors (Lipinski definition) is 5. The van der Waals surface area contributed by atoms with Gasteiger partial charge in [0.2, 0.25) is 0 Å². The van der Waals surface area contributed by atoms with Crippen LogP contribution in [0.4, 0.5) is 0 Å². The first-order chi connectivity index (χ1) is 13.5. The molecule has 0 spiro atoms. The number of benzene rings is 2. The van der Waals surface area contributed by atoms with E-state index in [1.54, 1.807) is 45.6 Å². The second-order valence-electron chi connectivity index (χ2n) is 5.59. The minimum absolute atomic E-state index is 0.305. The van der Waals surface area contributed by atoms with Crippen molar-refractivity contribution in [2.45, 2.75) is 6.54 Å². The SMILES string of the molecule is COc1ccc(CNC(=S)NNC(=O)/C=C/c2ccc(OC)cc2OC)cc1. The number of hydrogen-bond donors (Lipinski definition) is 3. The van der Waals surface area contributed by atoms with Gasteiger partial charge in [-0.15, -0.1) is 0 Å². The van der Waals surface area contributed by atoms with E-state index in [1.165, 1.54) is 6.08 Å². The molecule has 0 bridgehead atoms. The molecule has 0 aromatic heterocycles. The number of carbonyl (C=O) groups excluding carboxylic acids is 1. The van der Waals surface area contributed by atoms with Crippen LogP contribution in [0.2, 0.25) is 0 Å². The highest BCUT2D eigenvalue weighted by molar-refractivity contribution is 7.80. The fourth-order valence-corrected chi connectivity index (χ4v) is 2.37. The van der Waals surface area contributed by atoms with E-state index >= 15 is 0 Å². The van der Waals surface area contributed by atoms with Crippen LogP contribution in [0, 0.1) is 0 Å². The van der Waals surface area contributed by atoms with E-state index in [0.717, 1.165) is 16.9 Å². The first kappa shape index (κ1) is 21.0. The van der Waals surface area contributed by atoms with Gasteiger partial charge in [-0.3, -0.25) is 15.6 Å². The third-order valence-electron chi connectivity index (χ3n) is 3.77. The summed E-state index contributed by atoms with van der Waals surface area (Å²) >= 11 is 5.15. The Kier molecular flexibility index (Phi) is 8.11. The van der Waals surface area contributed by atoms with Crippen molar-refractivity contribution in [3.8, 4) is 17.2 Å². The Bertz CT molecular complexity index is 838. The zero-order chi connectivity index (χ0) is 20.4. The van der Waals surface area contributed by atoms with Gasteiger partial charge in [0, 0.05) is 24.3 Å². The number of methoxy groups -OCH3 is 3. The third kappa shape index (κ3) is 6.48. The number of ether oxygens (including phenoxy) is 3. The molecule has 0 atom stereocenters. The maximum absolute atomic E-state index is 12.0. The number of thiocarbonyl (C=S) groups is 1. The van der Waals surface area contributed by atoms with E-state index in [-0.39, 0.29) is 5.91 Å². The average molecular weight is 401 g/mol. The first-order valence-corrected chi connectivity index (χ1v) is 8.83. The van der Waals surface area contributed by atoms with Crippen LogP contribution in [0.25, 0.3) is 6.08 Å². The van der Waals surface area contributed by atoms with E-state index < -0.39 is 0 Å². The first-order valence-electron chi connectivity index (χ1n) is 8.42. The summed E-state index contributed by atoms with van der Waals surface area (Å²) in [5.41, 5.74) is 6.93. The summed E-state index contributed by atoms with van der Waals surface area (Å²) < 4.78 is 15.6. The minimum atomic E-state index is -0.355. The molecule has 7 nitrogen and oxygen atoms in total. The number of hydrazine groups is 1. The topological polar surface area (TPSA) is 80.9 Å². The van der Waals surface area contributed by atoms with Crippen molar-refractivity contribution in [2.75, 3.05) is 21.3 Å². The van der Waals surface area contributed by atoms with Crippen molar-refractivity contribution in [1.29, 1.82) is 0 Å². The Morgan fingerprint density at radius 3 is 2.29 bits per heavy atom. The highest BCUT2D eigenvalue weighted by Gasteiger charge is 2.04. The molecule has 0 unspecified atom stereocenters. The molecule has 28 heavy (non-hydrogen) atoms. The fourth-order valence-electron chi connectivity index (χ4n) is 2.25. The second-order valence-corrected chi connectivity index (χ2v) is 5.99. The summed E-state index contributed by atoms with van der Waals surface area (Å²) in [5.74, 6) is 1.71. The van der Waals surface area contributed by atoms with Gasteiger partial charge in [0.05, 0.1) is 21.3 Å². The summed E-state index contributed by atoms with van der Waals surface area (Å²) in [6, 6.07) is 12.9. The van der Waals surface area contributed by atoms with Crippen LogP contribution in [-0.4, -0.2) is 32.3 Å². The Morgan fingerprint density at radius 1 is 0.964 bits per heavy atom. The van der Waals surface area contributed by atoms with E-state index in [9.17, 15) is 4.79 Å². The lowest BCUT2D eigenvalue weighted by Gasteiger charge is -2.11. The summed E-state index contributed by atoms with van der Waals surface area (Å²) in [6.07, 6.45) is 3.02. The molecule has 0 saturated carbocycles. The smallest absolute Gasteiger partial charge is 0.262 e. The average Bonchev–Trinajstić information content (AvgIpc) is 2.74. The van der Waals surface area contributed by atoms with Gasteiger partial charge >= 0.3 is 0 Å². The van der Waals surface area contributed by atoms with Gasteiger partial charge in [0.15, 0.2) is 5.11 Å². The van der Waals surface area contributed by atoms with Crippen molar-refractivity contribution >= 4 is 29.3 Å². The normalized spacial score (nSPS) is 10.2. The van der Waals surface area contributed by atoms with E-state index in [0.29, 0.717) is 23.2 Å². The molecule has 2 rings (SSSR count). The summed E-state index contributed by atoms with van der Waals surface area (Å²) in [7, 11) is 4.75. The quantitative estimate of drug-likeness (QED) is 0.373. The standard InChI is InChI=1S/C20H23N3O4S/c1-25-16-8-4-14(5-9-16)13-21-20(28)23-22-19(24)11-7-15-6-10-17(26-2)12-18(15)27-3/h4-12H,13H2,1-3H3,(H,22,24)(H2,21,23,28)/b11-7+. The van der Waals surface area contributed by atoms with Crippen LogP contribution in [0.1, 0.15) is 11.1 Å². The summed E-state index contributed by atoms with van der Waals surface area (Å²) in [5, 5.41) is 3.31. The monoisotopic (exact) mass is 401 g/mol. The molecule has 2 aromatic carbocycles. The van der Waals surface area contributed by atoms with Crippen LogP contribution in [0.3, 0.4) is 0 Å². The van der Waals surface area contributed by atoms with Gasteiger partial charge in [-0.1, -0.05) is 12.1 Å². The van der Waals surface area contributed by atoms with Crippen LogP contribution >= 0.6 is 12.2 Å².